The molecule has 6 heteroatoms. The average Bonchev–Trinajstić information content (AvgIpc) is 2.53. The van der Waals surface area contributed by atoms with Crippen molar-refractivity contribution in [1.29, 1.82) is 0 Å². The number of benzene rings is 2. The molecule has 0 aromatic heterocycles. The van der Waals surface area contributed by atoms with Crippen LogP contribution in [0.2, 0.25) is 0 Å². The van der Waals surface area contributed by atoms with Gasteiger partial charge in [0.15, 0.2) is 5.78 Å². The molecule has 0 amide bonds. The lowest BCUT2D eigenvalue weighted by Gasteiger charge is -2.08. The van der Waals surface area contributed by atoms with Gasteiger partial charge < -0.3 is 4.74 Å². The van der Waals surface area contributed by atoms with Crippen LogP contribution in [-0.2, 0) is 0 Å². The van der Waals surface area contributed by atoms with Crippen LogP contribution in [0.3, 0.4) is 0 Å². The van der Waals surface area contributed by atoms with Crippen molar-refractivity contribution in [3.05, 3.63) is 65.5 Å². The third-order valence-electron chi connectivity index (χ3n) is 2.98. The smallest absolute Gasteiger partial charge is 0.289 e. The Balaban J connectivity index is 2.21. The quantitative estimate of drug-likeness (QED) is 0.419. The van der Waals surface area contributed by atoms with Gasteiger partial charge >= 0.3 is 0 Å². The molecule has 120 valence electrons. The Morgan fingerprint density at radius 1 is 1.22 bits per heavy atom. The predicted octanol–water partition coefficient (Wildman–Crippen LogP) is 5.05. The summed E-state index contributed by atoms with van der Waals surface area (Å²) in [4.78, 5) is 12.4. The SMILES string of the molecule is COc1cc(C(=O)C=Cc2ccccc2F)ccc1SC(F)F. The van der Waals surface area contributed by atoms with Crippen LogP contribution in [0.1, 0.15) is 15.9 Å². The van der Waals surface area contributed by atoms with Crippen molar-refractivity contribution < 1.29 is 22.7 Å². The Labute approximate surface area is 136 Å². The Bertz CT molecular complexity index is 730. The summed E-state index contributed by atoms with van der Waals surface area (Å²) in [5.74, 6) is -3.19. The van der Waals surface area contributed by atoms with Crippen LogP contribution in [0.5, 0.6) is 5.75 Å². The molecule has 0 unspecified atom stereocenters. The second-order valence-electron chi connectivity index (χ2n) is 4.46. The zero-order valence-electron chi connectivity index (χ0n) is 12.1. The van der Waals surface area contributed by atoms with E-state index in [1.165, 1.54) is 43.5 Å². The third-order valence-corrected chi connectivity index (χ3v) is 3.75. The second kappa shape index (κ2) is 7.87. The van der Waals surface area contributed by atoms with Crippen LogP contribution in [0, 0.1) is 5.82 Å². The Hall–Kier alpha value is -2.21. The van der Waals surface area contributed by atoms with Gasteiger partial charge in [-0.1, -0.05) is 30.0 Å². The molecule has 0 aliphatic carbocycles. The molecule has 0 atom stereocenters. The first-order valence-electron chi connectivity index (χ1n) is 6.61. The summed E-state index contributed by atoms with van der Waals surface area (Å²) >= 11 is 0.345. The van der Waals surface area contributed by atoms with E-state index in [0.29, 0.717) is 11.8 Å². The lowest BCUT2D eigenvalue weighted by molar-refractivity contribution is 0.104. The van der Waals surface area contributed by atoms with Crippen molar-refractivity contribution in [2.45, 2.75) is 10.7 Å². The van der Waals surface area contributed by atoms with Crippen molar-refractivity contribution in [3.8, 4) is 5.75 Å². The monoisotopic (exact) mass is 338 g/mol. The number of carbonyl (C=O) groups is 1. The van der Waals surface area contributed by atoms with Gasteiger partial charge in [0.2, 0.25) is 0 Å². The molecule has 0 radical (unpaired) electrons. The summed E-state index contributed by atoms with van der Waals surface area (Å²) in [7, 11) is 1.34. The summed E-state index contributed by atoms with van der Waals surface area (Å²) in [6.45, 7) is 0. The maximum Gasteiger partial charge on any atom is 0.289 e. The predicted molar refractivity (Wildman–Crippen MR) is 84.6 cm³/mol. The highest BCUT2D eigenvalue weighted by Crippen LogP contribution is 2.34. The van der Waals surface area contributed by atoms with Crippen LogP contribution < -0.4 is 4.74 Å². The molecule has 2 rings (SSSR count). The normalized spacial score (nSPS) is 11.2. The zero-order chi connectivity index (χ0) is 16.8. The van der Waals surface area contributed by atoms with Crippen LogP contribution in [0.15, 0.2) is 53.4 Å². The number of alkyl halides is 2. The molecule has 23 heavy (non-hydrogen) atoms. The summed E-state index contributed by atoms with van der Waals surface area (Å²) in [6, 6.07) is 10.3. The van der Waals surface area contributed by atoms with Crippen molar-refractivity contribution >= 4 is 23.6 Å². The second-order valence-corrected chi connectivity index (χ2v) is 5.50. The molecule has 0 aliphatic rings. The Morgan fingerprint density at radius 2 is 1.96 bits per heavy atom. The summed E-state index contributed by atoms with van der Waals surface area (Å²) < 4.78 is 43.4. The first kappa shape index (κ1) is 17.1. The molecule has 2 nitrogen and oxygen atoms in total. The van der Waals surface area contributed by atoms with Gasteiger partial charge in [0.25, 0.3) is 5.76 Å². The van der Waals surface area contributed by atoms with Crippen LogP contribution in [-0.4, -0.2) is 18.7 Å². The maximum absolute atomic E-state index is 13.5. The Kier molecular flexibility index (Phi) is 5.87. The van der Waals surface area contributed by atoms with E-state index in [2.05, 4.69) is 0 Å². The minimum Gasteiger partial charge on any atom is -0.496 e. The first-order valence-corrected chi connectivity index (χ1v) is 7.49. The van der Waals surface area contributed by atoms with Crippen LogP contribution in [0.25, 0.3) is 6.08 Å². The molecule has 0 saturated carbocycles. The summed E-state index contributed by atoms with van der Waals surface area (Å²) in [5, 5.41) is 0. The molecule has 0 fully saturated rings. The van der Waals surface area contributed by atoms with Crippen molar-refractivity contribution in [2.24, 2.45) is 0 Å². The van der Waals surface area contributed by atoms with Gasteiger partial charge in [-0.05, 0) is 36.4 Å². The van der Waals surface area contributed by atoms with E-state index < -0.39 is 11.6 Å². The van der Waals surface area contributed by atoms with E-state index in [1.807, 2.05) is 0 Å². The number of carbonyl (C=O) groups excluding carboxylic acids is 1. The molecule has 0 spiro atoms. The number of hydrogen-bond acceptors (Lipinski definition) is 3. The number of thioether (sulfide) groups is 1. The van der Waals surface area contributed by atoms with Gasteiger partial charge in [-0.15, -0.1) is 0 Å². The van der Waals surface area contributed by atoms with E-state index >= 15 is 0 Å². The minimum atomic E-state index is -2.58. The molecule has 0 bridgehead atoms. The lowest BCUT2D eigenvalue weighted by atomic mass is 10.1. The molecule has 2 aromatic carbocycles. The highest BCUT2D eigenvalue weighted by atomic mass is 32.2. The maximum atomic E-state index is 13.5. The molecule has 0 heterocycles. The van der Waals surface area contributed by atoms with Gasteiger partial charge in [0.1, 0.15) is 11.6 Å². The van der Waals surface area contributed by atoms with E-state index in [0.717, 1.165) is 0 Å². The van der Waals surface area contributed by atoms with Gasteiger partial charge in [-0.25, -0.2) is 4.39 Å². The number of halogens is 3. The summed E-state index contributed by atoms with van der Waals surface area (Å²) in [6.07, 6.45) is 2.60. The lowest BCUT2D eigenvalue weighted by Crippen LogP contribution is -1.97. The van der Waals surface area contributed by atoms with E-state index in [1.54, 1.807) is 18.2 Å². The fourth-order valence-electron chi connectivity index (χ4n) is 1.89. The number of ether oxygens (including phenoxy) is 1. The van der Waals surface area contributed by atoms with Gasteiger partial charge in [-0.2, -0.15) is 8.78 Å². The van der Waals surface area contributed by atoms with Gasteiger partial charge in [-0.3, -0.25) is 4.79 Å². The summed E-state index contributed by atoms with van der Waals surface area (Å²) in [5.41, 5.74) is 0.561. The molecule has 2 aromatic rings. The van der Waals surface area contributed by atoms with Crippen LogP contribution >= 0.6 is 11.8 Å². The van der Waals surface area contributed by atoms with Gasteiger partial charge in [0, 0.05) is 11.1 Å². The highest BCUT2D eigenvalue weighted by molar-refractivity contribution is 7.99. The third kappa shape index (κ3) is 4.63. The fraction of sp³-hybridized carbons (Fsp3) is 0.118. The Morgan fingerprint density at radius 3 is 2.61 bits per heavy atom. The fourth-order valence-corrected chi connectivity index (χ4v) is 2.48. The van der Waals surface area contributed by atoms with Crippen LogP contribution in [0.4, 0.5) is 13.2 Å². The molecule has 0 aliphatic heterocycles. The van der Waals surface area contributed by atoms with Crippen molar-refractivity contribution in [3.63, 3.8) is 0 Å². The van der Waals surface area contributed by atoms with Gasteiger partial charge in [0.05, 0.1) is 12.0 Å². The van der Waals surface area contributed by atoms with Crippen molar-refractivity contribution in [1.82, 2.24) is 0 Å². The number of methoxy groups -OCH3 is 1. The van der Waals surface area contributed by atoms with E-state index in [9.17, 15) is 18.0 Å². The number of rotatable bonds is 6. The molecular formula is C17H13F3O2S. The van der Waals surface area contributed by atoms with E-state index in [-0.39, 0.29) is 27.6 Å². The molecule has 0 N–H and O–H groups in total. The largest absolute Gasteiger partial charge is 0.496 e. The molecule has 0 saturated heterocycles. The zero-order valence-corrected chi connectivity index (χ0v) is 12.9. The standard InChI is InChI=1S/C17H13F3O2S/c1-22-15-10-12(7-9-16(15)23-17(19)20)14(21)8-6-11-4-2-3-5-13(11)18/h2-10,17H,1H3. The number of allylic oxidation sites excluding steroid dienone is 1. The number of hydrogen-bond donors (Lipinski definition) is 0. The minimum absolute atomic E-state index is 0.195. The van der Waals surface area contributed by atoms with E-state index in [4.69, 9.17) is 4.74 Å². The average molecular weight is 338 g/mol. The van der Waals surface area contributed by atoms with Crippen molar-refractivity contribution in [2.75, 3.05) is 7.11 Å². The highest BCUT2D eigenvalue weighted by Gasteiger charge is 2.13. The first-order chi connectivity index (χ1) is 11.0. The topological polar surface area (TPSA) is 26.3 Å². The number of ketones is 1. The molecular weight excluding hydrogens is 325 g/mol.